The van der Waals surface area contributed by atoms with Crippen molar-refractivity contribution >= 4 is 21.7 Å². The monoisotopic (exact) mass is 282 g/mol. The van der Waals surface area contributed by atoms with Gasteiger partial charge in [0.25, 0.3) is 0 Å². The lowest BCUT2D eigenvalue weighted by Crippen LogP contribution is -2.05. The smallest absolute Gasteiger partial charge is 0.173 e. The molecule has 1 heterocycles. The number of furan rings is 1. The molecule has 4 heteroatoms. The number of benzene rings is 1. The van der Waals surface area contributed by atoms with Crippen molar-refractivity contribution in [3.05, 3.63) is 58.2 Å². The van der Waals surface area contributed by atoms with E-state index in [-0.39, 0.29) is 17.8 Å². The van der Waals surface area contributed by atoms with Crippen molar-refractivity contribution in [1.82, 2.24) is 0 Å². The first-order chi connectivity index (χ1) is 7.66. The van der Waals surface area contributed by atoms with Crippen LogP contribution in [0.15, 0.2) is 45.5 Å². The molecule has 0 radical (unpaired) electrons. The fraction of sp³-hybridized carbons (Fsp3) is 0.0833. The minimum absolute atomic E-state index is 0.0698. The Hall–Kier alpha value is -1.42. The average molecular weight is 283 g/mol. The summed E-state index contributed by atoms with van der Waals surface area (Å²) in [6, 6.07) is 7.67. The van der Waals surface area contributed by atoms with E-state index >= 15 is 0 Å². The molecular formula is C12H8BrFO2. The van der Waals surface area contributed by atoms with Crippen molar-refractivity contribution in [2.45, 2.75) is 6.42 Å². The summed E-state index contributed by atoms with van der Waals surface area (Å²) in [5.74, 6) is -0.280. The summed E-state index contributed by atoms with van der Waals surface area (Å²) in [5.41, 5.74) is 0.0748. The van der Waals surface area contributed by atoms with Gasteiger partial charge in [-0.05, 0) is 30.3 Å². The predicted octanol–water partition coefficient (Wildman–Crippen LogP) is 3.61. The Morgan fingerprint density at radius 3 is 2.88 bits per heavy atom. The van der Waals surface area contributed by atoms with Gasteiger partial charge in [0.2, 0.25) is 0 Å². The quantitative estimate of drug-likeness (QED) is 0.805. The maximum absolute atomic E-state index is 13.4. The van der Waals surface area contributed by atoms with Gasteiger partial charge >= 0.3 is 0 Å². The van der Waals surface area contributed by atoms with Crippen LogP contribution in [0.25, 0.3) is 0 Å². The topological polar surface area (TPSA) is 30.2 Å². The van der Waals surface area contributed by atoms with E-state index in [0.717, 1.165) is 0 Å². The summed E-state index contributed by atoms with van der Waals surface area (Å²) < 4.78 is 19.1. The Morgan fingerprint density at radius 1 is 1.38 bits per heavy atom. The van der Waals surface area contributed by atoms with E-state index in [2.05, 4.69) is 15.9 Å². The standard InChI is InChI=1S/C12H8BrFO2/c13-8-3-4-11(14)10(6-8)12(15)7-9-2-1-5-16-9/h1-6H,7H2. The molecule has 0 amide bonds. The maximum atomic E-state index is 13.4. The highest BCUT2D eigenvalue weighted by molar-refractivity contribution is 9.10. The minimum atomic E-state index is -0.514. The van der Waals surface area contributed by atoms with Gasteiger partial charge in [-0.2, -0.15) is 0 Å². The Labute approximate surface area is 100 Å². The highest BCUT2D eigenvalue weighted by atomic mass is 79.9. The predicted molar refractivity (Wildman–Crippen MR) is 60.8 cm³/mol. The molecule has 0 atom stereocenters. The number of carbonyl (C=O) groups excluding carboxylic acids is 1. The molecule has 0 N–H and O–H groups in total. The summed E-state index contributed by atoms with van der Waals surface area (Å²) >= 11 is 3.20. The van der Waals surface area contributed by atoms with Crippen LogP contribution in [0.4, 0.5) is 4.39 Å². The van der Waals surface area contributed by atoms with Gasteiger partial charge in [0.1, 0.15) is 11.6 Å². The number of hydrogen-bond donors (Lipinski definition) is 0. The molecule has 0 fully saturated rings. The third-order valence-electron chi connectivity index (χ3n) is 2.14. The van der Waals surface area contributed by atoms with Crippen LogP contribution in [0.5, 0.6) is 0 Å². The van der Waals surface area contributed by atoms with E-state index in [0.29, 0.717) is 10.2 Å². The molecule has 0 saturated heterocycles. The van der Waals surface area contributed by atoms with Gasteiger partial charge in [0.15, 0.2) is 5.78 Å². The van der Waals surface area contributed by atoms with E-state index < -0.39 is 5.82 Å². The second-order valence-corrected chi connectivity index (χ2v) is 4.22. The molecule has 0 aliphatic rings. The summed E-state index contributed by atoms with van der Waals surface area (Å²) in [4.78, 5) is 11.8. The zero-order valence-corrected chi connectivity index (χ0v) is 9.83. The maximum Gasteiger partial charge on any atom is 0.173 e. The van der Waals surface area contributed by atoms with E-state index in [1.54, 1.807) is 18.2 Å². The molecule has 0 aliphatic heterocycles. The van der Waals surface area contributed by atoms with Crippen LogP contribution in [0.2, 0.25) is 0 Å². The first-order valence-electron chi connectivity index (χ1n) is 4.67. The first kappa shape index (κ1) is 11.1. The van der Waals surface area contributed by atoms with Crippen molar-refractivity contribution in [3.8, 4) is 0 Å². The Morgan fingerprint density at radius 2 is 2.19 bits per heavy atom. The highest BCUT2D eigenvalue weighted by Crippen LogP contribution is 2.17. The Bertz CT molecular complexity index is 506. The third kappa shape index (κ3) is 2.39. The van der Waals surface area contributed by atoms with E-state index in [9.17, 15) is 9.18 Å². The van der Waals surface area contributed by atoms with Crippen molar-refractivity contribution in [1.29, 1.82) is 0 Å². The van der Waals surface area contributed by atoms with E-state index in [1.807, 2.05) is 0 Å². The normalized spacial score (nSPS) is 10.4. The number of hydrogen-bond acceptors (Lipinski definition) is 2. The summed E-state index contributed by atoms with van der Waals surface area (Å²) in [6.45, 7) is 0. The van der Waals surface area contributed by atoms with Crippen LogP contribution >= 0.6 is 15.9 Å². The van der Waals surface area contributed by atoms with Gasteiger partial charge in [0.05, 0.1) is 18.2 Å². The van der Waals surface area contributed by atoms with E-state index in [1.165, 1.54) is 18.4 Å². The van der Waals surface area contributed by atoms with Crippen LogP contribution in [0.3, 0.4) is 0 Å². The van der Waals surface area contributed by atoms with Crippen LogP contribution in [0, 0.1) is 5.82 Å². The van der Waals surface area contributed by atoms with Crippen molar-refractivity contribution in [2.24, 2.45) is 0 Å². The molecule has 2 rings (SSSR count). The lowest BCUT2D eigenvalue weighted by atomic mass is 10.1. The Balaban J connectivity index is 2.24. The van der Waals surface area contributed by atoms with Crippen molar-refractivity contribution in [3.63, 3.8) is 0 Å². The number of halogens is 2. The molecule has 82 valence electrons. The average Bonchev–Trinajstić information content (AvgIpc) is 2.74. The number of carbonyl (C=O) groups is 1. The second kappa shape index (κ2) is 4.61. The summed E-state index contributed by atoms with van der Waals surface area (Å²) in [5, 5.41) is 0. The van der Waals surface area contributed by atoms with Crippen molar-refractivity contribution < 1.29 is 13.6 Å². The second-order valence-electron chi connectivity index (χ2n) is 3.30. The lowest BCUT2D eigenvalue weighted by molar-refractivity contribution is 0.0983. The fourth-order valence-corrected chi connectivity index (χ4v) is 1.74. The molecule has 2 nitrogen and oxygen atoms in total. The number of Topliss-reactive ketones (excluding diaryl/α,β-unsaturated/α-hetero) is 1. The molecule has 0 saturated carbocycles. The summed E-state index contributed by atoms with van der Waals surface area (Å²) in [6.07, 6.45) is 1.56. The molecule has 0 unspecified atom stereocenters. The van der Waals surface area contributed by atoms with Gasteiger partial charge < -0.3 is 4.42 Å². The molecule has 0 spiro atoms. The Kier molecular flexibility index (Phi) is 3.19. The molecular weight excluding hydrogens is 275 g/mol. The largest absolute Gasteiger partial charge is 0.469 e. The zero-order valence-electron chi connectivity index (χ0n) is 8.24. The lowest BCUT2D eigenvalue weighted by Gasteiger charge is -2.01. The molecule has 16 heavy (non-hydrogen) atoms. The zero-order chi connectivity index (χ0) is 11.5. The van der Waals surface area contributed by atoms with Gasteiger partial charge in [-0.25, -0.2) is 4.39 Å². The molecule has 1 aromatic carbocycles. The molecule has 2 aromatic rings. The molecule has 0 aliphatic carbocycles. The van der Waals surface area contributed by atoms with Gasteiger partial charge in [-0.1, -0.05) is 15.9 Å². The first-order valence-corrected chi connectivity index (χ1v) is 5.47. The van der Waals surface area contributed by atoms with Gasteiger partial charge in [0, 0.05) is 4.47 Å². The third-order valence-corrected chi connectivity index (χ3v) is 2.64. The SMILES string of the molecule is O=C(Cc1ccco1)c1cc(Br)ccc1F. The van der Waals surface area contributed by atoms with Crippen LogP contribution < -0.4 is 0 Å². The van der Waals surface area contributed by atoms with Crippen LogP contribution in [-0.2, 0) is 6.42 Å². The van der Waals surface area contributed by atoms with Crippen LogP contribution in [0.1, 0.15) is 16.1 Å². The number of rotatable bonds is 3. The minimum Gasteiger partial charge on any atom is -0.469 e. The highest BCUT2D eigenvalue weighted by Gasteiger charge is 2.13. The van der Waals surface area contributed by atoms with Gasteiger partial charge in [-0.15, -0.1) is 0 Å². The molecule has 1 aromatic heterocycles. The van der Waals surface area contributed by atoms with Crippen LogP contribution in [-0.4, -0.2) is 5.78 Å². The van der Waals surface area contributed by atoms with Crippen molar-refractivity contribution in [2.75, 3.05) is 0 Å². The summed E-state index contributed by atoms with van der Waals surface area (Å²) in [7, 11) is 0. The molecule has 0 bridgehead atoms. The fourth-order valence-electron chi connectivity index (χ4n) is 1.38. The number of ketones is 1. The van der Waals surface area contributed by atoms with Gasteiger partial charge in [-0.3, -0.25) is 4.79 Å². The van der Waals surface area contributed by atoms with E-state index in [4.69, 9.17) is 4.42 Å².